The van der Waals surface area contributed by atoms with E-state index in [1.165, 1.54) is 5.56 Å². The molecule has 2 aliphatic rings. The molecule has 1 atom stereocenters. The molecule has 4 heteroatoms. The van der Waals surface area contributed by atoms with Gasteiger partial charge in [0.2, 0.25) is 0 Å². The monoisotopic (exact) mass is 350 g/mol. The van der Waals surface area contributed by atoms with Crippen LogP contribution in [0.3, 0.4) is 0 Å². The van der Waals surface area contributed by atoms with Gasteiger partial charge in [-0.15, -0.1) is 0 Å². The summed E-state index contributed by atoms with van der Waals surface area (Å²) in [5.74, 6) is 0.0635. The van der Waals surface area contributed by atoms with Gasteiger partial charge in [0.1, 0.15) is 6.10 Å². The molecular formula is C22H26N2O2. The number of likely N-dealkylation sites (tertiary alicyclic amines) is 1. The van der Waals surface area contributed by atoms with E-state index in [0.717, 1.165) is 38.2 Å². The molecule has 0 aromatic heterocycles. The Labute approximate surface area is 155 Å². The Morgan fingerprint density at radius 2 is 1.62 bits per heavy atom. The molecule has 0 aliphatic carbocycles. The van der Waals surface area contributed by atoms with Gasteiger partial charge >= 0.3 is 0 Å². The summed E-state index contributed by atoms with van der Waals surface area (Å²) >= 11 is 0. The Balaban J connectivity index is 1.45. The zero-order chi connectivity index (χ0) is 18.0. The van der Waals surface area contributed by atoms with Gasteiger partial charge in [-0.3, -0.25) is 9.69 Å². The van der Waals surface area contributed by atoms with Gasteiger partial charge in [0, 0.05) is 25.3 Å². The molecule has 2 aromatic carbocycles. The number of hydrogen-bond acceptors (Lipinski definition) is 3. The summed E-state index contributed by atoms with van der Waals surface area (Å²) < 4.78 is 6.26. The van der Waals surface area contributed by atoms with Gasteiger partial charge in [0.05, 0.1) is 12.1 Å². The molecule has 0 bridgehead atoms. The summed E-state index contributed by atoms with van der Waals surface area (Å²) in [7, 11) is 0. The molecule has 2 fully saturated rings. The van der Waals surface area contributed by atoms with Gasteiger partial charge in [-0.25, -0.2) is 0 Å². The highest BCUT2D eigenvalue weighted by Gasteiger charge is 2.45. The van der Waals surface area contributed by atoms with E-state index < -0.39 is 0 Å². The number of amides is 1. The third-order valence-corrected chi connectivity index (χ3v) is 5.57. The van der Waals surface area contributed by atoms with Crippen molar-refractivity contribution in [2.24, 2.45) is 0 Å². The average Bonchev–Trinajstić information content (AvgIpc) is 2.68. The van der Waals surface area contributed by atoms with Crippen molar-refractivity contribution in [3.8, 4) is 0 Å². The number of morpholine rings is 1. The minimum absolute atomic E-state index is 0.0635. The SMILES string of the molecule is CC1OC2(CCN(Cc3ccccc3)CC2)CN(c2ccccc2)C1=O. The Kier molecular flexibility index (Phi) is 4.79. The fourth-order valence-electron chi connectivity index (χ4n) is 4.11. The summed E-state index contributed by atoms with van der Waals surface area (Å²) in [6.45, 7) is 5.51. The highest BCUT2D eigenvalue weighted by molar-refractivity contribution is 5.97. The topological polar surface area (TPSA) is 32.8 Å². The molecule has 0 N–H and O–H groups in total. The van der Waals surface area contributed by atoms with Gasteiger partial charge in [0.25, 0.3) is 5.91 Å². The van der Waals surface area contributed by atoms with Gasteiger partial charge in [-0.05, 0) is 37.5 Å². The molecule has 2 heterocycles. The van der Waals surface area contributed by atoms with Crippen molar-refractivity contribution in [1.82, 2.24) is 4.90 Å². The second-order valence-corrected chi connectivity index (χ2v) is 7.46. The van der Waals surface area contributed by atoms with E-state index in [9.17, 15) is 4.79 Å². The van der Waals surface area contributed by atoms with E-state index >= 15 is 0 Å². The van der Waals surface area contributed by atoms with Crippen molar-refractivity contribution >= 4 is 11.6 Å². The smallest absolute Gasteiger partial charge is 0.255 e. The number of benzene rings is 2. The molecule has 1 amide bonds. The lowest BCUT2D eigenvalue weighted by atomic mass is 9.88. The van der Waals surface area contributed by atoms with Crippen LogP contribution in [0.2, 0.25) is 0 Å². The Hall–Kier alpha value is -2.17. The number of rotatable bonds is 3. The zero-order valence-corrected chi connectivity index (χ0v) is 15.3. The first kappa shape index (κ1) is 17.3. The van der Waals surface area contributed by atoms with E-state index in [1.807, 2.05) is 42.2 Å². The Bertz CT molecular complexity index is 739. The third kappa shape index (κ3) is 3.53. The van der Waals surface area contributed by atoms with Crippen LogP contribution in [-0.2, 0) is 16.1 Å². The summed E-state index contributed by atoms with van der Waals surface area (Å²) in [4.78, 5) is 17.0. The van der Waals surface area contributed by atoms with Crippen LogP contribution < -0.4 is 4.90 Å². The maximum absolute atomic E-state index is 12.6. The van der Waals surface area contributed by atoms with Crippen molar-refractivity contribution in [2.75, 3.05) is 24.5 Å². The van der Waals surface area contributed by atoms with Crippen molar-refractivity contribution in [1.29, 1.82) is 0 Å². The first-order valence-electron chi connectivity index (χ1n) is 9.46. The molecule has 2 aliphatic heterocycles. The van der Waals surface area contributed by atoms with Gasteiger partial charge in [-0.1, -0.05) is 48.5 Å². The van der Waals surface area contributed by atoms with E-state index in [0.29, 0.717) is 6.54 Å². The van der Waals surface area contributed by atoms with Crippen molar-refractivity contribution in [2.45, 2.75) is 38.0 Å². The lowest BCUT2D eigenvalue weighted by molar-refractivity contribution is -0.161. The van der Waals surface area contributed by atoms with Crippen LogP contribution in [0.4, 0.5) is 5.69 Å². The van der Waals surface area contributed by atoms with E-state index in [2.05, 4.69) is 35.2 Å². The molecule has 0 radical (unpaired) electrons. The number of nitrogens with zero attached hydrogens (tertiary/aromatic N) is 2. The molecule has 1 spiro atoms. The van der Waals surface area contributed by atoms with Gasteiger partial charge in [-0.2, -0.15) is 0 Å². The minimum Gasteiger partial charge on any atom is -0.360 e. The number of carbonyl (C=O) groups excluding carboxylic acids is 1. The van der Waals surface area contributed by atoms with E-state index in [1.54, 1.807) is 0 Å². The largest absolute Gasteiger partial charge is 0.360 e. The maximum atomic E-state index is 12.6. The third-order valence-electron chi connectivity index (χ3n) is 5.57. The van der Waals surface area contributed by atoms with Crippen LogP contribution in [0, 0.1) is 0 Å². The van der Waals surface area contributed by atoms with Crippen molar-refractivity contribution < 1.29 is 9.53 Å². The van der Waals surface area contributed by atoms with Crippen LogP contribution in [0.5, 0.6) is 0 Å². The number of piperidine rings is 1. The molecule has 0 saturated carbocycles. The summed E-state index contributed by atoms with van der Waals surface area (Å²) in [6, 6.07) is 20.6. The lowest BCUT2D eigenvalue weighted by Crippen LogP contribution is -2.61. The summed E-state index contributed by atoms with van der Waals surface area (Å²) in [5.41, 5.74) is 2.09. The van der Waals surface area contributed by atoms with E-state index in [-0.39, 0.29) is 17.6 Å². The van der Waals surface area contributed by atoms with Gasteiger partial charge in [0.15, 0.2) is 0 Å². The second-order valence-electron chi connectivity index (χ2n) is 7.46. The first-order chi connectivity index (χ1) is 12.7. The van der Waals surface area contributed by atoms with Crippen LogP contribution >= 0.6 is 0 Å². The predicted octanol–water partition coefficient (Wildman–Crippen LogP) is 3.47. The second kappa shape index (κ2) is 7.22. The quantitative estimate of drug-likeness (QED) is 0.850. The van der Waals surface area contributed by atoms with E-state index in [4.69, 9.17) is 4.74 Å². The Morgan fingerprint density at radius 1 is 1.00 bits per heavy atom. The number of carbonyl (C=O) groups is 1. The first-order valence-corrected chi connectivity index (χ1v) is 9.46. The average molecular weight is 350 g/mol. The molecule has 26 heavy (non-hydrogen) atoms. The standard InChI is InChI=1S/C22H26N2O2/c1-18-21(25)24(20-10-6-3-7-11-20)17-22(26-18)12-14-23(15-13-22)16-19-8-4-2-5-9-19/h2-11,18H,12-17H2,1H3. The fourth-order valence-corrected chi connectivity index (χ4v) is 4.11. The maximum Gasteiger partial charge on any atom is 0.255 e. The molecule has 4 nitrogen and oxygen atoms in total. The van der Waals surface area contributed by atoms with Crippen LogP contribution in [0.1, 0.15) is 25.3 Å². The number of anilines is 1. The fraction of sp³-hybridized carbons (Fsp3) is 0.409. The summed E-state index contributed by atoms with van der Waals surface area (Å²) in [6.07, 6.45) is 1.53. The number of para-hydroxylation sites is 1. The lowest BCUT2D eigenvalue weighted by Gasteiger charge is -2.49. The number of hydrogen-bond donors (Lipinski definition) is 0. The van der Waals surface area contributed by atoms with Crippen molar-refractivity contribution in [3.05, 3.63) is 66.2 Å². The van der Waals surface area contributed by atoms with Gasteiger partial charge < -0.3 is 9.64 Å². The highest BCUT2D eigenvalue weighted by Crippen LogP contribution is 2.35. The normalized spacial score (nSPS) is 23.3. The van der Waals surface area contributed by atoms with Crippen LogP contribution in [0.15, 0.2) is 60.7 Å². The molecule has 2 aromatic rings. The molecule has 1 unspecified atom stereocenters. The van der Waals surface area contributed by atoms with Crippen LogP contribution in [0.25, 0.3) is 0 Å². The molecule has 2 saturated heterocycles. The zero-order valence-electron chi connectivity index (χ0n) is 15.3. The van der Waals surface area contributed by atoms with Crippen molar-refractivity contribution in [3.63, 3.8) is 0 Å². The highest BCUT2D eigenvalue weighted by atomic mass is 16.5. The summed E-state index contributed by atoms with van der Waals surface area (Å²) in [5, 5.41) is 0. The predicted molar refractivity (Wildman–Crippen MR) is 103 cm³/mol. The minimum atomic E-state index is -0.385. The van der Waals surface area contributed by atoms with Crippen LogP contribution in [-0.4, -0.2) is 42.1 Å². The molecule has 136 valence electrons. The molecule has 4 rings (SSSR count). The molecular weight excluding hydrogens is 324 g/mol. The number of ether oxygens (including phenoxy) is 1. The Morgan fingerprint density at radius 3 is 2.27 bits per heavy atom.